The van der Waals surface area contributed by atoms with Crippen molar-refractivity contribution in [3.8, 4) is 0 Å². The van der Waals surface area contributed by atoms with Crippen LogP contribution in [0.15, 0.2) is 28.7 Å². The van der Waals surface area contributed by atoms with E-state index < -0.39 is 23.8 Å². The van der Waals surface area contributed by atoms with Crippen molar-refractivity contribution in [1.82, 2.24) is 5.32 Å². The van der Waals surface area contributed by atoms with Crippen LogP contribution in [0.2, 0.25) is 0 Å². The van der Waals surface area contributed by atoms with Gasteiger partial charge in [0.05, 0.1) is 13.0 Å². The first-order valence-corrected chi connectivity index (χ1v) is 7.71. The van der Waals surface area contributed by atoms with Crippen molar-refractivity contribution >= 4 is 33.7 Å². The number of rotatable bonds is 8. The molecule has 0 spiro atoms. The number of ether oxygens (including phenoxy) is 1. The van der Waals surface area contributed by atoms with Crippen LogP contribution in [0, 0.1) is 0 Å². The molecule has 6 nitrogen and oxygen atoms in total. The molecule has 1 atom stereocenters. The number of halogens is 1. The van der Waals surface area contributed by atoms with E-state index in [0.717, 1.165) is 10.0 Å². The second kappa shape index (κ2) is 9.19. The van der Waals surface area contributed by atoms with Gasteiger partial charge in [0.1, 0.15) is 6.04 Å². The molecule has 3 N–H and O–H groups in total. The van der Waals surface area contributed by atoms with E-state index in [0.29, 0.717) is 0 Å². The molecule has 0 bridgehead atoms. The maximum atomic E-state index is 11.8. The summed E-state index contributed by atoms with van der Waals surface area (Å²) in [5.74, 6) is -1.48. The summed E-state index contributed by atoms with van der Waals surface area (Å²) in [4.78, 5) is 34.5. The van der Waals surface area contributed by atoms with Crippen molar-refractivity contribution in [2.24, 2.45) is 5.73 Å². The molecule has 7 heteroatoms. The lowest BCUT2D eigenvalue weighted by atomic mass is 10.1. The van der Waals surface area contributed by atoms with Gasteiger partial charge >= 0.3 is 5.97 Å². The lowest BCUT2D eigenvalue weighted by molar-refractivity contribution is -0.144. The minimum absolute atomic E-state index is 0.0276. The predicted molar refractivity (Wildman–Crippen MR) is 84.8 cm³/mol. The number of nitrogens with two attached hydrogens (primary N) is 1. The van der Waals surface area contributed by atoms with E-state index >= 15 is 0 Å². The summed E-state index contributed by atoms with van der Waals surface area (Å²) in [6.07, 6.45) is 0.209. The molecular formula is C15H19BrN2O4. The van der Waals surface area contributed by atoms with Crippen LogP contribution in [-0.2, 0) is 25.5 Å². The Labute approximate surface area is 137 Å². The van der Waals surface area contributed by atoms with Crippen molar-refractivity contribution in [2.75, 3.05) is 6.61 Å². The van der Waals surface area contributed by atoms with E-state index in [1.54, 1.807) is 6.92 Å². The highest BCUT2D eigenvalue weighted by Gasteiger charge is 2.20. The minimum Gasteiger partial charge on any atom is -0.466 e. The molecule has 0 aliphatic rings. The molecule has 0 aliphatic carbocycles. The van der Waals surface area contributed by atoms with Gasteiger partial charge in [-0.25, -0.2) is 0 Å². The molecule has 0 heterocycles. The summed E-state index contributed by atoms with van der Waals surface area (Å²) in [7, 11) is 0. The van der Waals surface area contributed by atoms with E-state index in [9.17, 15) is 14.4 Å². The number of carbonyl (C=O) groups is 3. The van der Waals surface area contributed by atoms with Gasteiger partial charge in [-0.05, 0) is 18.6 Å². The Bertz CT molecular complexity index is 548. The van der Waals surface area contributed by atoms with Crippen molar-refractivity contribution < 1.29 is 19.1 Å². The molecule has 0 unspecified atom stereocenters. The third-order valence-electron chi connectivity index (χ3n) is 2.92. The van der Waals surface area contributed by atoms with Gasteiger partial charge in [0, 0.05) is 17.3 Å². The van der Waals surface area contributed by atoms with Gasteiger partial charge in [-0.15, -0.1) is 0 Å². The van der Waals surface area contributed by atoms with Gasteiger partial charge < -0.3 is 15.8 Å². The van der Waals surface area contributed by atoms with Crippen LogP contribution in [0.1, 0.15) is 25.3 Å². The highest BCUT2D eigenvalue weighted by molar-refractivity contribution is 9.10. The summed E-state index contributed by atoms with van der Waals surface area (Å²) in [6, 6.07) is 6.54. The van der Waals surface area contributed by atoms with E-state index in [1.807, 2.05) is 24.3 Å². The van der Waals surface area contributed by atoms with Gasteiger partial charge in [0.15, 0.2) is 0 Å². The number of benzene rings is 1. The Hall–Kier alpha value is -1.89. The molecule has 1 aromatic rings. The molecule has 2 amide bonds. The van der Waals surface area contributed by atoms with Crippen molar-refractivity contribution in [1.29, 1.82) is 0 Å². The standard InChI is InChI=1S/C15H19BrN2O4/c1-2-22-14(20)8-7-13(19)18-12(15(17)21)9-10-5-3-4-6-11(10)16/h3-6,12H,2,7-9H2,1H3,(H2,17,21)(H,18,19)/t12-/m1/s1. The molecule has 0 fully saturated rings. The molecule has 1 rings (SSSR count). The number of esters is 1. The Morgan fingerprint density at radius 1 is 1.27 bits per heavy atom. The summed E-state index contributed by atoms with van der Waals surface area (Å²) in [6.45, 7) is 1.96. The van der Waals surface area contributed by atoms with Crippen molar-refractivity contribution in [3.63, 3.8) is 0 Å². The molecule has 120 valence electrons. The summed E-state index contributed by atoms with van der Waals surface area (Å²) < 4.78 is 5.57. The second-order valence-corrected chi connectivity index (χ2v) is 5.48. The fourth-order valence-corrected chi connectivity index (χ4v) is 2.27. The zero-order valence-corrected chi connectivity index (χ0v) is 13.9. The van der Waals surface area contributed by atoms with Crippen LogP contribution in [0.25, 0.3) is 0 Å². The second-order valence-electron chi connectivity index (χ2n) is 4.62. The van der Waals surface area contributed by atoms with Crippen LogP contribution in [0.4, 0.5) is 0 Å². The van der Waals surface area contributed by atoms with E-state index in [-0.39, 0.29) is 25.9 Å². The summed E-state index contributed by atoms with van der Waals surface area (Å²) in [5, 5.41) is 2.55. The molecule has 22 heavy (non-hydrogen) atoms. The monoisotopic (exact) mass is 370 g/mol. The van der Waals surface area contributed by atoms with E-state index in [4.69, 9.17) is 10.5 Å². The zero-order valence-electron chi connectivity index (χ0n) is 12.3. The van der Waals surface area contributed by atoms with Crippen LogP contribution in [0.3, 0.4) is 0 Å². The third kappa shape index (κ3) is 6.26. The molecule has 0 aromatic heterocycles. The first kappa shape index (κ1) is 18.2. The first-order chi connectivity index (χ1) is 10.4. The maximum absolute atomic E-state index is 11.8. The predicted octanol–water partition coefficient (Wildman–Crippen LogP) is 1.30. The molecule has 0 saturated carbocycles. The minimum atomic E-state index is -0.826. The fourth-order valence-electron chi connectivity index (χ4n) is 1.82. The average molecular weight is 371 g/mol. The van der Waals surface area contributed by atoms with Gasteiger partial charge in [0.2, 0.25) is 11.8 Å². The highest BCUT2D eigenvalue weighted by atomic mass is 79.9. The van der Waals surface area contributed by atoms with Gasteiger partial charge in [-0.1, -0.05) is 34.1 Å². The van der Waals surface area contributed by atoms with Crippen LogP contribution in [0.5, 0.6) is 0 Å². The maximum Gasteiger partial charge on any atom is 0.306 e. The topological polar surface area (TPSA) is 98.5 Å². The van der Waals surface area contributed by atoms with Gasteiger partial charge in [0.25, 0.3) is 0 Å². The fraction of sp³-hybridized carbons (Fsp3) is 0.400. The van der Waals surface area contributed by atoms with Crippen molar-refractivity contribution in [3.05, 3.63) is 34.3 Å². The Morgan fingerprint density at radius 3 is 2.55 bits per heavy atom. The van der Waals surface area contributed by atoms with E-state index in [2.05, 4.69) is 21.2 Å². The highest BCUT2D eigenvalue weighted by Crippen LogP contribution is 2.17. The van der Waals surface area contributed by atoms with Gasteiger partial charge in [-0.2, -0.15) is 0 Å². The number of hydrogen-bond donors (Lipinski definition) is 2. The van der Waals surface area contributed by atoms with Crippen LogP contribution in [-0.4, -0.2) is 30.4 Å². The molecular weight excluding hydrogens is 352 g/mol. The zero-order chi connectivity index (χ0) is 16.5. The molecule has 0 radical (unpaired) electrons. The van der Waals surface area contributed by atoms with Crippen molar-refractivity contribution in [2.45, 2.75) is 32.2 Å². The number of carbonyl (C=O) groups excluding carboxylic acids is 3. The lowest BCUT2D eigenvalue weighted by Crippen LogP contribution is -2.46. The normalized spacial score (nSPS) is 11.5. The SMILES string of the molecule is CCOC(=O)CCC(=O)N[C@H](Cc1ccccc1Br)C(N)=O. The van der Waals surface area contributed by atoms with Crippen LogP contribution < -0.4 is 11.1 Å². The Morgan fingerprint density at radius 2 is 1.95 bits per heavy atom. The molecule has 0 saturated heterocycles. The smallest absolute Gasteiger partial charge is 0.306 e. The molecule has 1 aromatic carbocycles. The lowest BCUT2D eigenvalue weighted by Gasteiger charge is -2.16. The molecule has 0 aliphatic heterocycles. The Kier molecular flexibility index (Phi) is 7.59. The summed E-state index contributed by atoms with van der Waals surface area (Å²) >= 11 is 3.38. The first-order valence-electron chi connectivity index (χ1n) is 6.91. The van der Waals surface area contributed by atoms with E-state index in [1.165, 1.54) is 0 Å². The average Bonchev–Trinajstić information content (AvgIpc) is 2.47. The quantitative estimate of drug-likeness (QED) is 0.673. The van der Waals surface area contributed by atoms with Crippen LogP contribution >= 0.6 is 15.9 Å². The number of primary amides is 1. The van der Waals surface area contributed by atoms with Gasteiger partial charge in [-0.3, -0.25) is 14.4 Å². The number of amides is 2. The number of nitrogens with one attached hydrogen (secondary N) is 1. The summed E-state index contributed by atoms with van der Waals surface area (Å²) in [5.41, 5.74) is 6.18. The third-order valence-corrected chi connectivity index (χ3v) is 3.70. The Balaban J connectivity index is 2.58. The number of hydrogen-bond acceptors (Lipinski definition) is 4. The largest absolute Gasteiger partial charge is 0.466 e.